The van der Waals surface area contributed by atoms with Gasteiger partial charge < -0.3 is 29.0 Å². The molecule has 10 nitrogen and oxygen atoms in total. The number of esters is 1. The van der Waals surface area contributed by atoms with Crippen LogP contribution < -0.4 is 4.74 Å². The van der Waals surface area contributed by atoms with E-state index < -0.39 is 24.2 Å². The first-order valence-corrected chi connectivity index (χ1v) is 9.78. The van der Waals surface area contributed by atoms with E-state index in [9.17, 15) is 14.4 Å². The molecule has 11 heteroatoms. The second-order valence-electron chi connectivity index (χ2n) is 5.62. The van der Waals surface area contributed by atoms with E-state index in [0.29, 0.717) is 41.9 Å². The average Bonchev–Trinajstić information content (AvgIpc) is 3.37. The van der Waals surface area contributed by atoms with Crippen molar-refractivity contribution in [2.24, 2.45) is 0 Å². The molecule has 2 aromatic heterocycles. The molecule has 0 spiro atoms. The Morgan fingerprint density at radius 2 is 1.90 bits per heavy atom. The minimum Gasteiger partial charge on any atom is -0.482 e. The lowest BCUT2D eigenvalue weighted by Crippen LogP contribution is -2.17. The van der Waals surface area contributed by atoms with E-state index in [-0.39, 0.29) is 0 Å². The first kappa shape index (κ1) is 24.9. The van der Waals surface area contributed by atoms with Gasteiger partial charge in [-0.2, -0.15) is 0 Å². The van der Waals surface area contributed by atoms with Gasteiger partial charge in [0.05, 0.1) is 19.5 Å². The Bertz CT molecular complexity index is 800. The van der Waals surface area contributed by atoms with Crippen LogP contribution in [0.5, 0.6) is 5.06 Å². The van der Waals surface area contributed by atoms with Crippen molar-refractivity contribution in [1.29, 1.82) is 0 Å². The Labute approximate surface area is 177 Å². The van der Waals surface area contributed by atoms with Gasteiger partial charge in [-0.15, -0.1) is 0 Å². The molecule has 2 rings (SSSR count). The summed E-state index contributed by atoms with van der Waals surface area (Å²) in [5.74, 6) is -2.90. The van der Waals surface area contributed by atoms with Crippen molar-refractivity contribution in [2.75, 3.05) is 13.2 Å². The van der Waals surface area contributed by atoms with Gasteiger partial charge in [-0.25, -0.2) is 19.4 Å². The zero-order valence-electron chi connectivity index (χ0n) is 16.6. The van der Waals surface area contributed by atoms with Crippen molar-refractivity contribution in [1.82, 2.24) is 9.55 Å². The molecular formula is C19H24N2O8S. The van der Waals surface area contributed by atoms with Crippen molar-refractivity contribution in [3.05, 3.63) is 47.9 Å². The van der Waals surface area contributed by atoms with Gasteiger partial charge in [0, 0.05) is 24.5 Å². The number of aromatic nitrogens is 2. The summed E-state index contributed by atoms with van der Waals surface area (Å²) in [6.07, 6.45) is 6.79. The molecule has 1 atom stereocenters. The smallest absolute Gasteiger partial charge is 0.350 e. The Morgan fingerprint density at radius 3 is 2.47 bits per heavy atom. The number of thiophene rings is 1. The monoisotopic (exact) mass is 440 g/mol. The van der Waals surface area contributed by atoms with Gasteiger partial charge >= 0.3 is 17.9 Å². The normalized spacial score (nSPS) is 11.4. The van der Waals surface area contributed by atoms with Crippen LogP contribution in [0.25, 0.3) is 0 Å². The van der Waals surface area contributed by atoms with Crippen molar-refractivity contribution < 1.29 is 38.8 Å². The Morgan fingerprint density at radius 1 is 1.20 bits per heavy atom. The number of carboxylic acid groups (broad SMARTS) is 2. The number of nitrogens with zero attached hydrogens (tertiary/aromatic N) is 2. The van der Waals surface area contributed by atoms with Crippen LogP contribution in [0.4, 0.5) is 0 Å². The maximum atomic E-state index is 11.9. The average molecular weight is 440 g/mol. The number of ether oxygens (including phenoxy) is 3. The van der Waals surface area contributed by atoms with E-state index in [1.165, 1.54) is 11.3 Å². The first-order valence-electron chi connectivity index (χ1n) is 8.96. The number of hydrogen-bond acceptors (Lipinski definition) is 8. The summed E-state index contributed by atoms with van der Waals surface area (Å²) in [5, 5.41) is 16.3. The van der Waals surface area contributed by atoms with Gasteiger partial charge in [-0.3, -0.25) is 0 Å². The Balaban J connectivity index is 0.000000479. The number of carboxylic acids is 2. The fourth-order valence-corrected chi connectivity index (χ4v) is 2.61. The van der Waals surface area contributed by atoms with E-state index >= 15 is 0 Å². The van der Waals surface area contributed by atoms with Gasteiger partial charge in [0.15, 0.2) is 5.06 Å². The standard InChI is InChI=1S/C15H20N2O4S.C4H4O4/c1-3-9-19-12(2)21-15(18)13-4-5-14(22-13)20-10-8-17-7-6-16-11-17;5-3(6)1-2-4(7)8/h4-7,11-12H,3,8-10H2,1-2H3;1-2H,(H,5,6)(H,7,8)/b;2-1+. The molecule has 0 radical (unpaired) electrons. The molecule has 30 heavy (non-hydrogen) atoms. The lowest BCUT2D eigenvalue weighted by atomic mass is 10.5. The van der Waals surface area contributed by atoms with E-state index in [1.807, 2.05) is 17.7 Å². The molecule has 0 aliphatic carbocycles. The summed E-state index contributed by atoms with van der Waals surface area (Å²) in [7, 11) is 0. The van der Waals surface area contributed by atoms with Gasteiger partial charge in [0.1, 0.15) is 11.5 Å². The Hall–Kier alpha value is -3.18. The minimum absolute atomic E-state index is 0.391. The zero-order valence-corrected chi connectivity index (χ0v) is 17.4. The van der Waals surface area contributed by atoms with Crippen molar-refractivity contribution in [2.45, 2.75) is 33.1 Å². The highest BCUT2D eigenvalue weighted by Crippen LogP contribution is 2.25. The largest absolute Gasteiger partial charge is 0.482 e. The molecular weight excluding hydrogens is 416 g/mol. The fourth-order valence-electron chi connectivity index (χ4n) is 1.85. The maximum Gasteiger partial charge on any atom is 0.350 e. The lowest BCUT2D eigenvalue weighted by Gasteiger charge is -2.12. The van der Waals surface area contributed by atoms with Crippen LogP contribution >= 0.6 is 11.3 Å². The van der Waals surface area contributed by atoms with Crippen LogP contribution in [0, 0.1) is 0 Å². The van der Waals surface area contributed by atoms with Crippen molar-refractivity contribution in [3.63, 3.8) is 0 Å². The molecule has 0 amide bonds. The molecule has 0 saturated carbocycles. The maximum absolute atomic E-state index is 11.9. The van der Waals surface area contributed by atoms with Crippen molar-refractivity contribution in [3.8, 4) is 5.06 Å². The van der Waals surface area contributed by atoms with Gasteiger partial charge in [0.25, 0.3) is 0 Å². The van der Waals surface area contributed by atoms with Gasteiger partial charge in [-0.1, -0.05) is 18.3 Å². The second kappa shape index (κ2) is 13.9. The third-order valence-corrected chi connectivity index (χ3v) is 4.11. The molecule has 0 aliphatic rings. The summed E-state index contributed by atoms with van der Waals surface area (Å²) < 4.78 is 18.1. The summed E-state index contributed by atoms with van der Waals surface area (Å²) in [6.45, 7) is 5.51. The quantitative estimate of drug-likeness (QED) is 0.307. The molecule has 0 aliphatic heterocycles. The van der Waals surface area contributed by atoms with Crippen LogP contribution in [-0.2, 0) is 25.6 Å². The van der Waals surface area contributed by atoms with E-state index in [4.69, 9.17) is 24.4 Å². The highest BCUT2D eigenvalue weighted by atomic mass is 32.1. The number of imidazole rings is 1. The number of carbonyl (C=O) groups excluding carboxylic acids is 1. The molecule has 164 valence electrons. The van der Waals surface area contributed by atoms with Gasteiger partial charge in [0.2, 0.25) is 6.29 Å². The predicted molar refractivity (Wildman–Crippen MR) is 108 cm³/mol. The molecule has 2 aromatic rings. The summed E-state index contributed by atoms with van der Waals surface area (Å²) in [5.41, 5.74) is 0. The molecule has 2 N–H and O–H groups in total. The van der Waals surface area contributed by atoms with E-state index in [2.05, 4.69) is 4.98 Å². The summed E-state index contributed by atoms with van der Waals surface area (Å²) >= 11 is 1.27. The van der Waals surface area contributed by atoms with Crippen LogP contribution in [-0.4, -0.2) is 57.2 Å². The molecule has 2 heterocycles. The zero-order chi connectivity index (χ0) is 22.4. The third-order valence-electron chi connectivity index (χ3n) is 3.13. The highest BCUT2D eigenvalue weighted by Gasteiger charge is 2.15. The number of hydrogen-bond donors (Lipinski definition) is 2. The summed E-state index contributed by atoms with van der Waals surface area (Å²) in [6, 6.07) is 3.47. The number of rotatable bonds is 11. The lowest BCUT2D eigenvalue weighted by molar-refractivity contribution is -0.134. The number of carbonyl (C=O) groups is 3. The van der Waals surface area contributed by atoms with Crippen molar-refractivity contribution >= 4 is 29.2 Å². The van der Waals surface area contributed by atoms with Crippen LogP contribution in [0.1, 0.15) is 29.9 Å². The molecule has 0 aromatic carbocycles. The van der Waals surface area contributed by atoms with Crippen LogP contribution in [0.2, 0.25) is 0 Å². The van der Waals surface area contributed by atoms with Crippen LogP contribution in [0.15, 0.2) is 43.0 Å². The molecule has 0 fully saturated rings. The number of aliphatic carboxylic acids is 2. The van der Waals surface area contributed by atoms with E-state index in [0.717, 1.165) is 6.42 Å². The SMILES string of the molecule is CCCOC(C)OC(=O)c1ccc(OCCn2ccnc2)s1.O=C(O)/C=C/C(=O)O. The predicted octanol–water partition coefficient (Wildman–Crippen LogP) is 2.66. The summed E-state index contributed by atoms with van der Waals surface area (Å²) in [4.78, 5) is 35.5. The second-order valence-corrected chi connectivity index (χ2v) is 6.67. The molecule has 0 saturated heterocycles. The highest BCUT2D eigenvalue weighted by molar-refractivity contribution is 7.15. The van der Waals surface area contributed by atoms with E-state index in [1.54, 1.807) is 31.6 Å². The topological polar surface area (TPSA) is 137 Å². The van der Waals surface area contributed by atoms with Gasteiger partial charge in [-0.05, 0) is 25.5 Å². The first-order chi connectivity index (χ1) is 14.3. The molecule has 1 unspecified atom stereocenters. The molecule has 0 bridgehead atoms. The van der Waals surface area contributed by atoms with Crippen LogP contribution in [0.3, 0.4) is 0 Å². The third kappa shape index (κ3) is 11.0. The fraction of sp³-hybridized carbons (Fsp3) is 0.368. The minimum atomic E-state index is -1.26. The Kier molecular flexibility index (Phi) is 11.5.